The zero-order valence-corrected chi connectivity index (χ0v) is 15.5. The van der Waals surface area contributed by atoms with Gasteiger partial charge in [-0.1, -0.05) is 29.3 Å². The van der Waals surface area contributed by atoms with E-state index in [2.05, 4.69) is 15.3 Å². The van der Waals surface area contributed by atoms with Crippen molar-refractivity contribution in [2.75, 3.05) is 5.32 Å². The molecule has 0 bridgehead atoms. The van der Waals surface area contributed by atoms with Crippen LogP contribution in [0.1, 0.15) is 5.56 Å². The quantitative estimate of drug-likeness (QED) is 0.556. The molecule has 22 heavy (non-hydrogen) atoms. The number of hydrogen-bond acceptors (Lipinski definition) is 4. The van der Waals surface area contributed by atoms with Gasteiger partial charge >= 0.3 is 0 Å². The molecule has 0 aliphatic heterocycles. The fourth-order valence-electron chi connectivity index (χ4n) is 1.83. The molecule has 0 atom stereocenters. The van der Waals surface area contributed by atoms with Crippen LogP contribution < -0.4 is 5.32 Å². The van der Waals surface area contributed by atoms with Crippen LogP contribution in [-0.4, -0.2) is 9.97 Å². The minimum atomic E-state index is 0. The normalized spacial score (nSPS) is 10.1. The third-order valence-corrected chi connectivity index (χ3v) is 4.37. The number of aryl methyl sites for hydroxylation is 1. The first kappa shape index (κ1) is 17.2. The van der Waals surface area contributed by atoms with Gasteiger partial charge in [-0.3, -0.25) is 0 Å². The Labute approximate surface area is 153 Å². The van der Waals surface area contributed by atoms with Gasteiger partial charge in [0.25, 0.3) is 0 Å². The standard InChI is InChI=1S/C15H11Cl2N3S.BrH/c1-9-4-5-18-14(6-9)20-15-19-13(8-21-15)10-2-3-11(16)12(17)7-10;/h2-8H,1H3,(H,18,19,20);1H. The van der Waals surface area contributed by atoms with Crippen molar-refractivity contribution in [3.63, 3.8) is 0 Å². The molecule has 3 rings (SSSR count). The van der Waals surface area contributed by atoms with Crippen molar-refractivity contribution in [3.05, 3.63) is 57.5 Å². The van der Waals surface area contributed by atoms with E-state index in [9.17, 15) is 0 Å². The van der Waals surface area contributed by atoms with Gasteiger partial charge in [-0.2, -0.15) is 0 Å². The SMILES string of the molecule is Br.Cc1ccnc(Nc2nc(-c3ccc(Cl)c(Cl)c3)cs2)c1. The number of nitrogens with zero attached hydrogens (tertiary/aromatic N) is 2. The summed E-state index contributed by atoms with van der Waals surface area (Å²) in [4.78, 5) is 8.80. The van der Waals surface area contributed by atoms with E-state index in [1.54, 1.807) is 12.3 Å². The summed E-state index contributed by atoms with van der Waals surface area (Å²) in [5.74, 6) is 0.782. The summed E-state index contributed by atoms with van der Waals surface area (Å²) < 4.78 is 0. The van der Waals surface area contributed by atoms with Crippen LogP contribution in [0.5, 0.6) is 0 Å². The van der Waals surface area contributed by atoms with Gasteiger partial charge in [-0.25, -0.2) is 9.97 Å². The molecular formula is C15H12BrCl2N3S. The number of hydrogen-bond donors (Lipinski definition) is 1. The van der Waals surface area contributed by atoms with Gasteiger partial charge in [-0.05, 0) is 36.8 Å². The minimum absolute atomic E-state index is 0. The Morgan fingerprint density at radius 1 is 1.09 bits per heavy atom. The first-order chi connectivity index (χ1) is 10.1. The van der Waals surface area contributed by atoms with E-state index in [0.717, 1.165) is 27.8 Å². The highest BCUT2D eigenvalue weighted by Gasteiger charge is 2.07. The summed E-state index contributed by atoms with van der Waals surface area (Å²) in [6.45, 7) is 2.02. The average molecular weight is 417 g/mol. The highest BCUT2D eigenvalue weighted by molar-refractivity contribution is 8.93. The monoisotopic (exact) mass is 415 g/mol. The van der Waals surface area contributed by atoms with E-state index in [-0.39, 0.29) is 17.0 Å². The van der Waals surface area contributed by atoms with Crippen molar-refractivity contribution < 1.29 is 0 Å². The van der Waals surface area contributed by atoms with Crippen molar-refractivity contribution in [1.82, 2.24) is 9.97 Å². The minimum Gasteiger partial charge on any atom is -0.316 e. The third kappa shape index (κ3) is 3.98. The Balaban J connectivity index is 0.00000176. The molecule has 0 aliphatic carbocycles. The average Bonchev–Trinajstić information content (AvgIpc) is 2.90. The maximum absolute atomic E-state index is 6.04. The van der Waals surface area contributed by atoms with Gasteiger partial charge in [0.05, 0.1) is 15.7 Å². The molecule has 3 aromatic rings. The van der Waals surface area contributed by atoms with Gasteiger partial charge < -0.3 is 5.32 Å². The molecule has 0 unspecified atom stereocenters. The van der Waals surface area contributed by atoms with Crippen LogP contribution in [0.2, 0.25) is 10.0 Å². The predicted octanol–water partition coefficient (Wildman–Crippen LogP) is 6.14. The molecule has 0 fully saturated rings. The maximum atomic E-state index is 6.04. The third-order valence-electron chi connectivity index (χ3n) is 2.87. The molecule has 3 nitrogen and oxygen atoms in total. The fourth-order valence-corrected chi connectivity index (χ4v) is 2.86. The smallest absolute Gasteiger partial charge is 0.188 e. The number of benzene rings is 1. The van der Waals surface area contributed by atoms with Gasteiger partial charge in [0.15, 0.2) is 5.13 Å². The molecule has 2 aromatic heterocycles. The zero-order valence-electron chi connectivity index (χ0n) is 11.5. The summed E-state index contributed by atoms with van der Waals surface area (Å²) in [7, 11) is 0. The molecule has 1 N–H and O–H groups in total. The molecule has 1 aromatic carbocycles. The van der Waals surface area contributed by atoms with Crippen LogP contribution in [0.3, 0.4) is 0 Å². The molecule has 7 heteroatoms. The van der Waals surface area contributed by atoms with E-state index in [1.165, 1.54) is 11.3 Å². The number of anilines is 2. The van der Waals surface area contributed by atoms with Crippen LogP contribution in [0, 0.1) is 6.92 Å². The molecular weight excluding hydrogens is 405 g/mol. The number of thiazole rings is 1. The van der Waals surface area contributed by atoms with Crippen LogP contribution in [0.4, 0.5) is 10.9 Å². The number of pyridine rings is 1. The van der Waals surface area contributed by atoms with E-state index >= 15 is 0 Å². The number of nitrogens with one attached hydrogen (secondary N) is 1. The lowest BCUT2D eigenvalue weighted by molar-refractivity contribution is 1.26. The predicted molar refractivity (Wildman–Crippen MR) is 100 cm³/mol. The summed E-state index contributed by atoms with van der Waals surface area (Å²) in [6, 6.07) is 9.41. The lowest BCUT2D eigenvalue weighted by atomic mass is 10.2. The largest absolute Gasteiger partial charge is 0.316 e. The Hall–Kier alpha value is -1.14. The second kappa shape index (κ2) is 7.42. The van der Waals surface area contributed by atoms with Crippen molar-refractivity contribution >= 4 is 62.5 Å². The lowest BCUT2D eigenvalue weighted by Crippen LogP contribution is -1.93. The molecule has 0 spiro atoms. The first-order valence-corrected chi connectivity index (χ1v) is 7.86. The second-order valence-electron chi connectivity index (χ2n) is 4.51. The molecule has 2 heterocycles. The van der Waals surface area contributed by atoms with Crippen LogP contribution >= 0.6 is 51.5 Å². The van der Waals surface area contributed by atoms with Gasteiger partial charge in [0, 0.05) is 17.1 Å². The highest BCUT2D eigenvalue weighted by Crippen LogP contribution is 2.31. The Kier molecular flexibility index (Phi) is 5.81. The van der Waals surface area contributed by atoms with Crippen molar-refractivity contribution in [1.29, 1.82) is 0 Å². The Bertz CT molecular complexity index is 792. The lowest BCUT2D eigenvalue weighted by Gasteiger charge is -2.02. The fraction of sp³-hybridized carbons (Fsp3) is 0.0667. The van der Waals surface area contributed by atoms with Crippen molar-refractivity contribution in [3.8, 4) is 11.3 Å². The molecule has 114 valence electrons. The Morgan fingerprint density at radius 2 is 1.91 bits per heavy atom. The van der Waals surface area contributed by atoms with E-state index < -0.39 is 0 Å². The molecule has 0 amide bonds. The van der Waals surface area contributed by atoms with E-state index in [4.69, 9.17) is 23.2 Å². The molecule has 0 radical (unpaired) electrons. The maximum Gasteiger partial charge on any atom is 0.188 e. The first-order valence-electron chi connectivity index (χ1n) is 6.22. The number of aromatic nitrogens is 2. The van der Waals surface area contributed by atoms with E-state index in [1.807, 2.05) is 36.6 Å². The Morgan fingerprint density at radius 3 is 2.64 bits per heavy atom. The topological polar surface area (TPSA) is 37.8 Å². The molecule has 0 saturated heterocycles. The van der Waals surface area contributed by atoms with Crippen LogP contribution in [-0.2, 0) is 0 Å². The summed E-state index contributed by atoms with van der Waals surface area (Å²) in [5, 5.41) is 7.02. The molecule has 0 saturated carbocycles. The van der Waals surface area contributed by atoms with Crippen LogP contribution in [0.15, 0.2) is 41.9 Å². The van der Waals surface area contributed by atoms with Gasteiger partial charge in [0.2, 0.25) is 0 Å². The highest BCUT2D eigenvalue weighted by atomic mass is 79.9. The summed E-state index contributed by atoms with van der Waals surface area (Å²) in [6.07, 6.45) is 1.77. The summed E-state index contributed by atoms with van der Waals surface area (Å²) >= 11 is 13.5. The van der Waals surface area contributed by atoms with Crippen molar-refractivity contribution in [2.45, 2.75) is 6.92 Å². The summed E-state index contributed by atoms with van der Waals surface area (Å²) in [5.41, 5.74) is 2.94. The van der Waals surface area contributed by atoms with E-state index in [0.29, 0.717) is 10.0 Å². The second-order valence-corrected chi connectivity index (χ2v) is 6.18. The number of halogens is 3. The van der Waals surface area contributed by atoms with Crippen molar-refractivity contribution in [2.24, 2.45) is 0 Å². The molecule has 0 aliphatic rings. The number of rotatable bonds is 3. The van der Waals surface area contributed by atoms with Gasteiger partial charge in [0.1, 0.15) is 5.82 Å². The van der Waals surface area contributed by atoms with Gasteiger partial charge in [-0.15, -0.1) is 28.3 Å². The van der Waals surface area contributed by atoms with Crippen LogP contribution in [0.25, 0.3) is 11.3 Å². The zero-order chi connectivity index (χ0) is 14.8.